The van der Waals surface area contributed by atoms with Crippen molar-refractivity contribution in [3.05, 3.63) is 94.3 Å². The molecule has 3 aromatic rings. The minimum atomic E-state index is -2.62. The Morgan fingerprint density at radius 2 is 1.85 bits per heavy atom. The molecule has 14 heteroatoms. The molecule has 2 amide bonds. The second-order valence-electron chi connectivity index (χ2n) is 9.56. The van der Waals surface area contributed by atoms with E-state index < -0.39 is 27.5 Å². The van der Waals surface area contributed by atoms with Crippen LogP contribution in [0.5, 0.6) is 0 Å². The van der Waals surface area contributed by atoms with Crippen molar-refractivity contribution in [1.82, 2.24) is 35.0 Å². The molecular formula is C27H32N8O5S. The van der Waals surface area contributed by atoms with E-state index in [1.54, 1.807) is 38.4 Å². The molecule has 1 aliphatic carbocycles. The molecule has 4 rings (SSSR count). The molecule has 2 aromatic heterocycles. The lowest BCUT2D eigenvalue weighted by Crippen LogP contribution is -2.34. The Labute approximate surface area is 237 Å². The first-order valence-electron chi connectivity index (χ1n) is 12.8. The highest BCUT2D eigenvalue weighted by molar-refractivity contribution is 7.99. The third-order valence-corrected chi connectivity index (χ3v) is 8.04. The number of carbonyl (C=O) groups is 2. The molecule has 0 aliphatic heterocycles. The van der Waals surface area contributed by atoms with E-state index >= 15 is 0 Å². The predicted octanol–water partition coefficient (Wildman–Crippen LogP) is 1.78. The smallest absolute Gasteiger partial charge is 0.347 e. The number of amides is 2. The first kappa shape index (κ1) is 29.4. The maximum atomic E-state index is 12.9. The zero-order valence-electron chi connectivity index (χ0n) is 22.7. The van der Waals surface area contributed by atoms with Gasteiger partial charge in [0.1, 0.15) is 27.6 Å². The Kier molecular flexibility index (Phi) is 9.47. The fraction of sp³-hybridized carbons (Fsp3) is 0.296. The van der Waals surface area contributed by atoms with Gasteiger partial charge in [-0.2, -0.15) is 0 Å². The van der Waals surface area contributed by atoms with Gasteiger partial charge in [0.15, 0.2) is 5.82 Å². The number of aromatic amines is 1. The highest BCUT2D eigenvalue weighted by Crippen LogP contribution is 2.20. The molecule has 2 unspecified atom stereocenters. The summed E-state index contributed by atoms with van der Waals surface area (Å²) in [6.07, 6.45) is 10.8. The second-order valence-corrected chi connectivity index (χ2v) is 11.8. The molecule has 0 spiro atoms. The van der Waals surface area contributed by atoms with Gasteiger partial charge < -0.3 is 15.4 Å². The van der Waals surface area contributed by atoms with Crippen molar-refractivity contribution in [2.24, 2.45) is 0 Å². The molecule has 13 nitrogen and oxygen atoms in total. The maximum absolute atomic E-state index is 12.9. The van der Waals surface area contributed by atoms with Crippen LogP contribution in [0.25, 0.3) is 0 Å². The number of anilines is 1. The number of H-pyrrole nitrogens is 1. The van der Waals surface area contributed by atoms with E-state index in [2.05, 4.69) is 45.9 Å². The van der Waals surface area contributed by atoms with Crippen molar-refractivity contribution < 1.29 is 18.3 Å². The van der Waals surface area contributed by atoms with Gasteiger partial charge in [-0.3, -0.25) is 19.1 Å². The predicted molar refractivity (Wildman–Crippen MR) is 155 cm³/mol. The van der Waals surface area contributed by atoms with Gasteiger partial charge in [-0.05, 0) is 42.8 Å². The van der Waals surface area contributed by atoms with E-state index in [0.717, 1.165) is 5.56 Å². The van der Waals surface area contributed by atoms with Crippen LogP contribution in [0.15, 0.2) is 70.3 Å². The van der Waals surface area contributed by atoms with Crippen molar-refractivity contribution in [2.45, 2.75) is 37.8 Å². The molecule has 0 saturated carbocycles. The number of allylic oxidation sites excluding steroid dienone is 3. The van der Waals surface area contributed by atoms with Crippen molar-refractivity contribution in [1.29, 1.82) is 0 Å². The first-order valence-corrected chi connectivity index (χ1v) is 14.5. The number of benzene rings is 1. The van der Waals surface area contributed by atoms with Gasteiger partial charge in [-0.15, -0.1) is 0 Å². The lowest BCUT2D eigenvalue weighted by atomic mass is 10.0. The Morgan fingerprint density at radius 1 is 1.12 bits per heavy atom. The SMILES string of the molecule is C=S(=O)(Nc1ccc(CNC(=O)c2cc(C(=O)N[C@@H]3/C=C/CC(c4noc(=O)[nH]4)/C=C/CC3)ncn2)cc1)N(C)C. The van der Waals surface area contributed by atoms with Gasteiger partial charge >= 0.3 is 5.76 Å². The van der Waals surface area contributed by atoms with Crippen LogP contribution in [0, 0.1) is 0 Å². The van der Waals surface area contributed by atoms with E-state index in [1.807, 2.05) is 24.3 Å². The average molecular weight is 581 g/mol. The van der Waals surface area contributed by atoms with E-state index in [1.165, 1.54) is 16.7 Å². The largest absolute Gasteiger partial charge is 0.438 e. The zero-order valence-corrected chi connectivity index (χ0v) is 23.5. The maximum Gasteiger partial charge on any atom is 0.438 e. The van der Waals surface area contributed by atoms with Gasteiger partial charge in [-0.1, -0.05) is 41.6 Å². The van der Waals surface area contributed by atoms with Crippen molar-refractivity contribution in [3.63, 3.8) is 0 Å². The summed E-state index contributed by atoms with van der Waals surface area (Å²) < 4.78 is 21.4. The number of nitrogens with zero attached hydrogens (tertiary/aromatic N) is 4. The highest BCUT2D eigenvalue weighted by Gasteiger charge is 2.18. The van der Waals surface area contributed by atoms with Crippen LogP contribution in [0.2, 0.25) is 0 Å². The van der Waals surface area contributed by atoms with Crippen LogP contribution < -0.4 is 21.1 Å². The van der Waals surface area contributed by atoms with Crippen molar-refractivity contribution in [2.75, 3.05) is 18.8 Å². The zero-order chi connectivity index (χ0) is 29.4. The fourth-order valence-electron chi connectivity index (χ4n) is 3.91. The first-order chi connectivity index (χ1) is 19.6. The summed E-state index contributed by atoms with van der Waals surface area (Å²) >= 11 is 0. The van der Waals surface area contributed by atoms with E-state index in [9.17, 15) is 18.6 Å². The van der Waals surface area contributed by atoms with E-state index in [-0.39, 0.29) is 29.9 Å². The van der Waals surface area contributed by atoms with Gasteiger partial charge in [-0.25, -0.2) is 23.3 Å². The summed E-state index contributed by atoms with van der Waals surface area (Å²) in [4.78, 5) is 47.6. The van der Waals surface area contributed by atoms with Crippen LogP contribution in [-0.4, -0.2) is 66.4 Å². The molecule has 41 heavy (non-hydrogen) atoms. The fourth-order valence-corrected chi connectivity index (χ4v) is 4.60. The lowest BCUT2D eigenvalue weighted by molar-refractivity contribution is 0.0937. The Balaban J connectivity index is 1.32. The molecule has 0 saturated heterocycles. The molecule has 1 aliphatic rings. The monoisotopic (exact) mass is 580 g/mol. The summed E-state index contributed by atoms with van der Waals surface area (Å²) in [5.74, 6) is 2.50. The van der Waals surface area contributed by atoms with Crippen LogP contribution in [0.1, 0.15) is 57.5 Å². The molecule has 3 atom stereocenters. The summed E-state index contributed by atoms with van der Waals surface area (Å²) in [6, 6.07) is 8.17. The third kappa shape index (κ3) is 8.22. The highest BCUT2D eigenvalue weighted by atomic mass is 32.2. The molecule has 0 radical (unpaired) electrons. The van der Waals surface area contributed by atoms with Crippen LogP contribution in [0.4, 0.5) is 5.69 Å². The van der Waals surface area contributed by atoms with Gasteiger partial charge in [0.05, 0.1) is 0 Å². The number of hydrogen-bond acceptors (Lipinski definition) is 8. The molecule has 0 bridgehead atoms. The summed E-state index contributed by atoms with van der Waals surface area (Å²) in [6.45, 7) is 0.224. The standard InChI is InChI=1S/C27H32N8O5S/c1-35(2)41(3,39)34-21-13-11-18(12-14-21)16-28-25(36)22-15-23(30-17-29-22)26(37)31-20-9-5-4-7-19(8-6-10-20)24-32-27(38)40-33-24/h4,6-7,10-15,17,19-20H,3,5,8-9,16H2,1-2H3,(H,28,36)(H,31,37)(H,34,39)(H,32,33,38)/b7-4+,10-6+/t19?,20-,41?/m0/s1. The molecular weight excluding hydrogens is 548 g/mol. The minimum absolute atomic E-state index is 0.0589. The van der Waals surface area contributed by atoms with Gasteiger partial charge in [0.25, 0.3) is 11.8 Å². The van der Waals surface area contributed by atoms with Crippen molar-refractivity contribution in [3.8, 4) is 0 Å². The molecule has 0 fully saturated rings. The lowest BCUT2D eigenvalue weighted by Gasteiger charge is -2.19. The number of nitrogens with one attached hydrogen (secondary N) is 4. The Hall–Kier alpha value is -4.56. The molecule has 1 aromatic carbocycles. The van der Waals surface area contributed by atoms with Gasteiger partial charge in [0.2, 0.25) is 0 Å². The van der Waals surface area contributed by atoms with Crippen LogP contribution in [-0.2, 0) is 16.4 Å². The Morgan fingerprint density at radius 3 is 2.54 bits per heavy atom. The van der Waals surface area contributed by atoms with Crippen LogP contribution >= 0.6 is 0 Å². The normalized spacial score (nSPS) is 20.1. The van der Waals surface area contributed by atoms with Crippen molar-refractivity contribution >= 4 is 33.3 Å². The third-order valence-electron chi connectivity index (χ3n) is 6.30. The summed E-state index contributed by atoms with van der Waals surface area (Å²) in [5.41, 5.74) is 1.58. The Bertz CT molecular complexity index is 1590. The minimum Gasteiger partial charge on any atom is -0.347 e. The summed E-state index contributed by atoms with van der Waals surface area (Å²) in [5, 5.41) is 9.47. The van der Waals surface area contributed by atoms with Gasteiger partial charge in [0, 0.05) is 44.4 Å². The number of hydrogen-bond donors (Lipinski definition) is 4. The number of carbonyl (C=O) groups excluding carboxylic acids is 2. The molecule has 216 valence electrons. The van der Waals surface area contributed by atoms with Crippen LogP contribution in [0.3, 0.4) is 0 Å². The average Bonchev–Trinajstić information content (AvgIpc) is 3.42. The molecule has 4 N–H and O–H groups in total. The topological polar surface area (TPSA) is 175 Å². The van der Waals surface area contributed by atoms with E-state index in [0.29, 0.717) is 30.8 Å². The number of rotatable bonds is 9. The molecule has 2 heterocycles. The quantitative estimate of drug-likeness (QED) is 0.219. The number of aromatic nitrogens is 4. The second kappa shape index (κ2) is 13.2. The summed E-state index contributed by atoms with van der Waals surface area (Å²) in [7, 11) is 0.723. The van der Waals surface area contributed by atoms with E-state index in [4.69, 9.17) is 0 Å².